The third-order valence-electron chi connectivity index (χ3n) is 9.33. The van der Waals surface area contributed by atoms with Crippen LogP contribution in [0.4, 0.5) is 0 Å². The lowest BCUT2D eigenvalue weighted by Crippen LogP contribution is -2.00. The Balaban J connectivity index is 1.18. The number of aromatic nitrogens is 3. The zero-order chi connectivity index (χ0) is 33.0. The molecule has 0 aliphatic heterocycles. The second kappa shape index (κ2) is 11.6. The lowest BCUT2D eigenvalue weighted by molar-refractivity contribution is 0.669. The van der Waals surface area contributed by atoms with Gasteiger partial charge < -0.3 is 4.42 Å². The lowest BCUT2D eigenvalue weighted by atomic mass is 9.94. The lowest BCUT2D eigenvalue weighted by Gasteiger charge is -2.10. The molecular formula is C45H27N3OS. The Hall–Kier alpha value is -6.43. The van der Waals surface area contributed by atoms with Crippen LogP contribution in [0, 0.1) is 0 Å². The van der Waals surface area contributed by atoms with Gasteiger partial charge in [0.15, 0.2) is 17.5 Å². The summed E-state index contributed by atoms with van der Waals surface area (Å²) in [5, 5.41) is 4.63. The highest BCUT2D eigenvalue weighted by molar-refractivity contribution is 7.26. The number of benzene rings is 7. The van der Waals surface area contributed by atoms with Gasteiger partial charge in [-0.3, -0.25) is 0 Å². The molecule has 0 unspecified atom stereocenters. The molecule has 0 fully saturated rings. The average molecular weight is 658 g/mol. The van der Waals surface area contributed by atoms with E-state index in [0.717, 1.165) is 44.2 Å². The summed E-state index contributed by atoms with van der Waals surface area (Å²) in [5.41, 5.74) is 9.04. The van der Waals surface area contributed by atoms with Crippen LogP contribution in [-0.2, 0) is 0 Å². The largest absolute Gasteiger partial charge is 0.455 e. The zero-order valence-electron chi connectivity index (χ0n) is 26.7. The van der Waals surface area contributed by atoms with Crippen LogP contribution in [-0.4, -0.2) is 15.0 Å². The molecule has 0 N–H and O–H groups in total. The smallest absolute Gasteiger partial charge is 0.167 e. The van der Waals surface area contributed by atoms with Crippen LogP contribution in [0.3, 0.4) is 0 Å². The number of hydrogen-bond donors (Lipinski definition) is 0. The van der Waals surface area contributed by atoms with E-state index >= 15 is 0 Å². The third kappa shape index (κ3) is 4.79. The fraction of sp³-hybridized carbons (Fsp3) is 0. The Bertz CT molecular complexity index is 2800. The Morgan fingerprint density at radius 2 is 1.00 bits per heavy atom. The molecule has 0 aliphatic carbocycles. The number of hydrogen-bond acceptors (Lipinski definition) is 5. The Labute approximate surface area is 292 Å². The van der Waals surface area contributed by atoms with Crippen molar-refractivity contribution in [3.8, 4) is 56.4 Å². The van der Waals surface area contributed by atoms with Gasteiger partial charge in [-0.05, 0) is 58.7 Å². The molecule has 10 aromatic rings. The van der Waals surface area contributed by atoms with Gasteiger partial charge in [-0.2, -0.15) is 0 Å². The quantitative estimate of drug-likeness (QED) is 0.185. The fourth-order valence-corrected chi connectivity index (χ4v) is 8.12. The van der Waals surface area contributed by atoms with E-state index in [0.29, 0.717) is 17.5 Å². The maximum atomic E-state index is 6.66. The number of fused-ring (bicyclic) bond motifs is 6. The first-order valence-corrected chi connectivity index (χ1v) is 17.4. The monoisotopic (exact) mass is 657 g/mol. The second-order valence-corrected chi connectivity index (χ2v) is 13.5. The number of rotatable bonds is 5. The summed E-state index contributed by atoms with van der Waals surface area (Å²) < 4.78 is 9.22. The van der Waals surface area contributed by atoms with Crippen molar-refractivity contribution >= 4 is 53.4 Å². The number of thiophene rings is 1. The highest BCUT2D eigenvalue weighted by Crippen LogP contribution is 2.44. The normalized spacial score (nSPS) is 11.6. The van der Waals surface area contributed by atoms with Gasteiger partial charge in [0.05, 0.1) is 5.56 Å². The minimum Gasteiger partial charge on any atom is -0.455 e. The molecule has 0 spiro atoms. The van der Waals surface area contributed by atoms with Crippen LogP contribution in [0.5, 0.6) is 0 Å². The van der Waals surface area contributed by atoms with Crippen molar-refractivity contribution in [1.82, 2.24) is 15.0 Å². The molecule has 0 saturated carbocycles. The van der Waals surface area contributed by atoms with Gasteiger partial charge in [-0.15, -0.1) is 11.3 Å². The van der Waals surface area contributed by atoms with Crippen molar-refractivity contribution in [1.29, 1.82) is 0 Å². The molecule has 0 aliphatic rings. The summed E-state index contributed by atoms with van der Waals surface area (Å²) in [6.07, 6.45) is 0. The summed E-state index contributed by atoms with van der Waals surface area (Å²) in [5.74, 6) is 1.81. The van der Waals surface area contributed by atoms with Crippen molar-refractivity contribution in [2.45, 2.75) is 0 Å². The van der Waals surface area contributed by atoms with Crippen LogP contribution >= 0.6 is 11.3 Å². The van der Waals surface area contributed by atoms with Crippen LogP contribution in [0.1, 0.15) is 0 Å². The zero-order valence-corrected chi connectivity index (χ0v) is 27.6. The van der Waals surface area contributed by atoms with Gasteiger partial charge in [-0.25, -0.2) is 15.0 Å². The van der Waals surface area contributed by atoms with Crippen molar-refractivity contribution in [3.63, 3.8) is 0 Å². The minimum atomic E-state index is 0.574. The first kappa shape index (κ1) is 28.6. The topological polar surface area (TPSA) is 51.8 Å². The molecule has 50 heavy (non-hydrogen) atoms. The maximum absolute atomic E-state index is 6.66. The van der Waals surface area contributed by atoms with Crippen molar-refractivity contribution in [3.05, 3.63) is 164 Å². The van der Waals surface area contributed by atoms with Gasteiger partial charge in [0.1, 0.15) is 11.2 Å². The van der Waals surface area contributed by atoms with E-state index in [1.807, 2.05) is 78.1 Å². The van der Waals surface area contributed by atoms with Crippen molar-refractivity contribution in [2.24, 2.45) is 0 Å². The van der Waals surface area contributed by atoms with Gasteiger partial charge >= 0.3 is 0 Å². The Morgan fingerprint density at radius 3 is 1.72 bits per heavy atom. The fourth-order valence-electron chi connectivity index (χ4n) is 6.95. The Morgan fingerprint density at radius 1 is 0.380 bits per heavy atom. The summed E-state index contributed by atoms with van der Waals surface area (Å²) in [7, 11) is 0. The van der Waals surface area contributed by atoms with Gasteiger partial charge in [0, 0.05) is 42.1 Å². The first-order valence-electron chi connectivity index (χ1n) is 16.6. The molecule has 3 heterocycles. The number of para-hydroxylation sites is 1. The summed E-state index contributed by atoms with van der Waals surface area (Å²) >= 11 is 1.85. The van der Waals surface area contributed by atoms with Crippen LogP contribution in [0.2, 0.25) is 0 Å². The van der Waals surface area contributed by atoms with E-state index in [4.69, 9.17) is 19.4 Å². The molecule has 10 rings (SSSR count). The van der Waals surface area contributed by atoms with Gasteiger partial charge in [0.25, 0.3) is 0 Å². The predicted molar refractivity (Wildman–Crippen MR) is 207 cm³/mol. The molecule has 234 valence electrons. The molecule has 0 atom stereocenters. The van der Waals surface area contributed by atoms with E-state index in [2.05, 4.69) is 97.1 Å². The standard InChI is InChI=1S/C45H27N3OS/c1-4-13-28(14-5-1)32-26-36(41-34-19-10-11-22-39(34)50-40(41)27-32)31-23-24-38-37(25-31)33-20-12-21-35(42(33)49-38)45-47-43(29-15-6-2-7-16-29)46-44(48-45)30-17-8-3-9-18-30/h1-27H. The molecule has 0 radical (unpaired) electrons. The minimum absolute atomic E-state index is 0.574. The molecule has 0 bridgehead atoms. The molecule has 0 amide bonds. The van der Waals surface area contributed by atoms with Crippen molar-refractivity contribution in [2.75, 3.05) is 0 Å². The third-order valence-corrected chi connectivity index (χ3v) is 10.5. The van der Waals surface area contributed by atoms with Crippen LogP contribution in [0.25, 0.3) is 98.5 Å². The van der Waals surface area contributed by atoms with Crippen LogP contribution < -0.4 is 0 Å². The molecule has 0 saturated heterocycles. The van der Waals surface area contributed by atoms with E-state index in [-0.39, 0.29) is 0 Å². The Kier molecular flexibility index (Phi) is 6.64. The summed E-state index contributed by atoms with van der Waals surface area (Å²) in [6.45, 7) is 0. The van der Waals surface area contributed by atoms with Crippen LogP contribution in [0.15, 0.2) is 168 Å². The van der Waals surface area contributed by atoms with E-state index in [1.165, 1.54) is 36.9 Å². The molecule has 4 nitrogen and oxygen atoms in total. The van der Waals surface area contributed by atoms with Gasteiger partial charge in [0.2, 0.25) is 0 Å². The molecule has 5 heteroatoms. The highest BCUT2D eigenvalue weighted by Gasteiger charge is 2.19. The summed E-state index contributed by atoms with van der Waals surface area (Å²) in [4.78, 5) is 14.9. The van der Waals surface area contributed by atoms with Crippen molar-refractivity contribution < 1.29 is 4.42 Å². The molecule has 3 aromatic heterocycles. The highest BCUT2D eigenvalue weighted by atomic mass is 32.1. The molecule has 7 aromatic carbocycles. The predicted octanol–water partition coefficient (Wildman–Crippen LogP) is 12.5. The van der Waals surface area contributed by atoms with E-state index in [1.54, 1.807) is 0 Å². The SMILES string of the molecule is c1ccc(-c2cc(-c3ccc4oc5c(-c6nc(-c7ccccc7)nc(-c7ccccc7)n6)cccc5c4c3)c3c(c2)sc2ccccc23)cc1. The van der Waals surface area contributed by atoms with E-state index in [9.17, 15) is 0 Å². The number of nitrogens with zero attached hydrogens (tertiary/aromatic N) is 3. The number of furan rings is 1. The second-order valence-electron chi connectivity index (χ2n) is 12.4. The first-order chi connectivity index (χ1) is 24.8. The average Bonchev–Trinajstić information content (AvgIpc) is 3.76. The van der Waals surface area contributed by atoms with Gasteiger partial charge in [-0.1, -0.05) is 127 Å². The maximum Gasteiger partial charge on any atom is 0.167 e. The molecular weight excluding hydrogens is 631 g/mol. The van der Waals surface area contributed by atoms with E-state index < -0.39 is 0 Å². The summed E-state index contributed by atoms with van der Waals surface area (Å²) in [6, 6.07) is 56.9.